The number of carbonyl (C=O) groups excluding carboxylic acids is 1. The van der Waals surface area contributed by atoms with Crippen molar-refractivity contribution >= 4 is 17.9 Å². The van der Waals surface area contributed by atoms with Crippen molar-refractivity contribution in [3.05, 3.63) is 70.5 Å². The first-order valence-corrected chi connectivity index (χ1v) is 7.76. The molecule has 0 aromatic heterocycles. The fourth-order valence-corrected chi connectivity index (χ4v) is 2.28. The Hall–Kier alpha value is -3.22. The molecule has 0 heterocycles. The number of esters is 1. The average molecular weight is 358 g/mol. The number of halogens is 1. The number of rotatable bonds is 7. The van der Waals surface area contributed by atoms with Crippen LogP contribution in [-0.2, 0) is 25.8 Å². The number of hydrogen-bond acceptors (Lipinski definition) is 6. The molecule has 0 aliphatic rings. The Labute approximate surface area is 150 Å². The van der Waals surface area contributed by atoms with Crippen molar-refractivity contribution < 1.29 is 23.6 Å². The largest absolute Gasteiger partial charge is 0.464 e. The number of aryl methyl sites for hydroxylation is 1. The fraction of sp³-hybridized carbons (Fsp3) is 0.211. The Morgan fingerprint density at radius 2 is 1.92 bits per heavy atom. The zero-order valence-corrected chi connectivity index (χ0v) is 14.7. The molecule has 136 valence electrons. The summed E-state index contributed by atoms with van der Waals surface area (Å²) < 4.78 is 18.3. The molecule has 2 aromatic rings. The lowest BCUT2D eigenvalue weighted by Crippen LogP contribution is -2.20. The van der Waals surface area contributed by atoms with Crippen LogP contribution in [0.5, 0.6) is 0 Å². The van der Waals surface area contributed by atoms with Gasteiger partial charge in [-0.25, -0.2) is 9.18 Å². The highest BCUT2D eigenvalue weighted by Gasteiger charge is 2.20. The molecule has 26 heavy (non-hydrogen) atoms. The molecular weight excluding hydrogens is 339 g/mol. The van der Waals surface area contributed by atoms with Gasteiger partial charge in [0.25, 0.3) is 0 Å². The van der Waals surface area contributed by atoms with Crippen molar-refractivity contribution in [3.63, 3.8) is 0 Å². The molecule has 0 bridgehead atoms. The molecule has 7 heteroatoms. The van der Waals surface area contributed by atoms with Crippen LogP contribution in [-0.4, -0.2) is 32.1 Å². The van der Waals surface area contributed by atoms with Crippen LogP contribution in [0.3, 0.4) is 0 Å². The second-order valence-electron chi connectivity index (χ2n) is 5.24. The molecule has 0 aliphatic heterocycles. The minimum absolute atomic E-state index is 0.0235. The van der Waals surface area contributed by atoms with E-state index >= 15 is 0 Å². The van der Waals surface area contributed by atoms with E-state index in [1.807, 2.05) is 13.0 Å². The molecule has 6 nitrogen and oxygen atoms in total. The Kier molecular flexibility index (Phi) is 6.84. The quantitative estimate of drug-likeness (QED) is 0.433. The maximum absolute atomic E-state index is 13.6. The molecule has 0 aliphatic carbocycles. The van der Waals surface area contributed by atoms with Gasteiger partial charge in [-0.3, -0.25) is 0 Å². The van der Waals surface area contributed by atoms with Crippen LogP contribution in [0.4, 0.5) is 4.39 Å². The number of hydrogen-bond donors (Lipinski definition) is 0. The number of nitrogens with zero attached hydrogens (tertiary/aromatic N) is 2. The minimum Gasteiger partial charge on any atom is -0.464 e. The molecule has 0 atom stereocenters. The van der Waals surface area contributed by atoms with Crippen molar-refractivity contribution in [1.29, 1.82) is 0 Å². The van der Waals surface area contributed by atoms with Gasteiger partial charge in [-0.2, -0.15) is 0 Å². The summed E-state index contributed by atoms with van der Waals surface area (Å²) in [6.45, 7) is 1.93. The van der Waals surface area contributed by atoms with Crippen LogP contribution in [0.2, 0.25) is 0 Å². The number of oxime groups is 2. The minimum atomic E-state index is -0.631. The lowest BCUT2D eigenvalue weighted by atomic mass is 9.99. The Balaban J connectivity index is 2.23. The van der Waals surface area contributed by atoms with E-state index in [0.29, 0.717) is 16.7 Å². The van der Waals surface area contributed by atoms with Gasteiger partial charge in [0.15, 0.2) is 5.71 Å². The third-order valence-electron chi connectivity index (χ3n) is 3.61. The van der Waals surface area contributed by atoms with Crippen LogP contribution < -0.4 is 0 Å². The molecule has 0 amide bonds. The van der Waals surface area contributed by atoms with E-state index in [1.54, 1.807) is 30.3 Å². The molecule has 0 unspecified atom stereocenters. The van der Waals surface area contributed by atoms with Gasteiger partial charge in [0.2, 0.25) is 0 Å². The van der Waals surface area contributed by atoms with E-state index in [-0.39, 0.29) is 12.3 Å². The third-order valence-corrected chi connectivity index (χ3v) is 3.61. The summed E-state index contributed by atoms with van der Waals surface area (Å²) in [4.78, 5) is 22.0. The molecular formula is C19H19FN2O4. The first-order valence-electron chi connectivity index (χ1n) is 7.76. The Morgan fingerprint density at radius 1 is 1.15 bits per heavy atom. The molecule has 2 aromatic carbocycles. The van der Waals surface area contributed by atoms with Crippen LogP contribution in [0, 0.1) is 12.7 Å². The number of methoxy groups -OCH3 is 1. The van der Waals surface area contributed by atoms with Crippen molar-refractivity contribution in [2.45, 2.75) is 13.5 Å². The predicted octanol–water partition coefficient (Wildman–Crippen LogP) is 3.21. The van der Waals surface area contributed by atoms with E-state index in [9.17, 15) is 9.18 Å². The first kappa shape index (κ1) is 19.1. The highest BCUT2D eigenvalue weighted by Crippen LogP contribution is 2.18. The van der Waals surface area contributed by atoms with Gasteiger partial charge in [0, 0.05) is 16.7 Å². The summed E-state index contributed by atoms with van der Waals surface area (Å²) in [6, 6.07) is 11.6. The van der Waals surface area contributed by atoms with E-state index in [1.165, 1.54) is 26.5 Å². The Bertz CT molecular complexity index is 834. The summed E-state index contributed by atoms with van der Waals surface area (Å²) in [5.41, 5.74) is 2.42. The first-order chi connectivity index (χ1) is 12.6. The standard InChI is InChI=1S/C19H19FN2O4/c1-13-7-6-9-15(18(22-25-3)19(23)24-2)16(13)12-26-21-11-14-8-4-5-10-17(14)20/h4-11H,12H2,1-3H3/b21-11+,22-18+. The van der Waals surface area contributed by atoms with Crippen molar-refractivity contribution in [2.75, 3.05) is 14.2 Å². The number of benzene rings is 2. The van der Waals surface area contributed by atoms with Crippen molar-refractivity contribution in [1.82, 2.24) is 0 Å². The van der Waals surface area contributed by atoms with Crippen molar-refractivity contribution in [3.8, 4) is 0 Å². The summed E-state index contributed by atoms with van der Waals surface area (Å²) >= 11 is 0. The van der Waals surface area contributed by atoms with Gasteiger partial charge in [0.1, 0.15) is 19.5 Å². The fourth-order valence-electron chi connectivity index (χ4n) is 2.28. The van der Waals surface area contributed by atoms with E-state index in [4.69, 9.17) is 14.4 Å². The van der Waals surface area contributed by atoms with Gasteiger partial charge in [-0.1, -0.05) is 46.7 Å². The summed E-state index contributed by atoms with van der Waals surface area (Å²) in [6.07, 6.45) is 1.29. The lowest BCUT2D eigenvalue weighted by molar-refractivity contribution is -0.132. The van der Waals surface area contributed by atoms with Crippen LogP contribution in [0.1, 0.15) is 22.3 Å². The van der Waals surface area contributed by atoms with Gasteiger partial charge in [-0.15, -0.1) is 0 Å². The average Bonchev–Trinajstić information content (AvgIpc) is 2.65. The SMILES string of the molecule is CO/N=C(/C(=O)OC)c1cccc(C)c1CO/N=C/c1ccccc1F. The molecule has 0 saturated carbocycles. The molecule has 0 radical (unpaired) electrons. The summed E-state index contributed by atoms with van der Waals surface area (Å²) in [7, 11) is 2.60. The zero-order valence-electron chi connectivity index (χ0n) is 14.7. The Morgan fingerprint density at radius 3 is 2.62 bits per heavy atom. The van der Waals surface area contributed by atoms with Crippen molar-refractivity contribution in [2.24, 2.45) is 10.3 Å². The van der Waals surface area contributed by atoms with E-state index < -0.39 is 11.8 Å². The second-order valence-corrected chi connectivity index (χ2v) is 5.24. The molecule has 0 saturated heterocycles. The molecule has 0 spiro atoms. The lowest BCUT2D eigenvalue weighted by Gasteiger charge is -2.12. The predicted molar refractivity (Wildman–Crippen MR) is 95.5 cm³/mol. The smallest absolute Gasteiger partial charge is 0.360 e. The molecule has 2 rings (SSSR count). The van der Waals surface area contributed by atoms with Crippen LogP contribution in [0.25, 0.3) is 0 Å². The van der Waals surface area contributed by atoms with Gasteiger partial charge in [0.05, 0.1) is 13.3 Å². The monoisotopic (exact) mass is 358 g/mol. The number of ether oxygens (including phenoxy) is 1. The topological polar surface area (TPSA) is 69.5 Å². The summed E-state index contributed by atoms with van der Waals surface area (Å²) in [5.74, 6) is -1.02. The maximum Gasteiger partial charge on any atom is 0.360 e. The second kappa shape index (κ2) is 9.31. The van der Waals surface area contributed by atoms with Gasteiger partial charge >= 0.3 is 5.97 Å². The van der Waals surface area contributed by atoms with Gasteiger partial charge in [-0.05, 0) is 18.6 Å². The third kappa shape index (κ3) is 4.66. The highest BCUT2D eigenvalue weighted by molar-refractivity contribution is 6.43. The maximum atomic E-state index is 13.6. The van der Waals surface area contributed by atoms with E-state index in [0.717, 1.165) is 5.56 Å². The highest BCUT2D eigenvalue weighted by atomic mass is 19.1. The zero-order chi connectivity index (χ0) is 18.9. The van der Waals surface area contributed by atoms with Gasteiger partial charge < -0.3 is 14.4 Å². The normalized spacial score (nSPS) is 11.5. The van der Waals surface area contributed by atoms with Crippen LogP contribution >= 0.6 is 0 Å². The van der Waals surface area contributed by atoms with E-state index in [2.05, 4.69) is 10.3 Å². The molecule has 0 fully saturated rings. The van der Waals surface area contributed by atoms with Crippen LogP contribution in [0.15, 0.2) is 52.8 Å². The summed E-state index contributed by atoms with van der Waals surface area (Å²) in [5, 5.41) is 7.55. The number of carbonyl (C=O) groups is 1. The molecule has 0 N–H and O–H groups in total.